The zero-order chi connectivity index (χ0) is 12.1. The van der Waals surface area contributed by atoms with Crippen molar-refractivity contribution in [3.05, 3.63) is 65.7 Å². The van der Waals surface area contributed by atoms with Gasteiger partial charge in [0.2, 0.25) is 0 Å². The van der Waals surface area contributed by atoms with E-state index in [1.165, 1.54) is 0 Å². The van der Waals surface area contributed by atoms with Crippen molar-refractivity contribution in [1.29, 1.82) is 0 Å². The Kier molecular flexibility index (Phi) is 3.61. The molecule has 2 aromatic rings. The number of benzene rings is 2. The standard InChI is InChI=1S/C14H11BO2/c16-15(17)14-9-5-4-8-13(14)11-10-12-6-2-1-3-7-12/h1-9,16-17H. The maximum atomic E-state index is 9.19. The minimum atomic E-state index is -1.49. The molecule has 0 spiro atoms. The Morgan fingerprint density at radius 2 is 1.41 bits per heavy atom. The highest BCUT2D eigenvalue weighted by atomic mass is 16.4. The average molecular weight is 222 g/mol. The van der Waals surface area contributed by atoms with Crippen molar-refractivity contribution >= 4 is 12.6 Å². The van der Waals surface area contributed by atoms with Crippen LogP contribution in [0.4, 0.5) is 0 Å². The van der Waals surface area contributed by atoms with Crippen molar-refractivity contribution in [2.24, 2.45) is 0 Å². The Labute approximate surface area is 101 Å². The first kappa shape index (κ1) is 11.5. The summed E-state index contributed by atoms with van der Waals surface area (Å²) in [5.41, 5.74) is 1.96. The highest BCUT2D eigenvalue weighted by molar-refractivity contribution is 6.59. The molecule has 2 aromatic carbocycles. The topological polar surface area (TPSA) is 40.5 Å². The van der Waals surface area contributed by atoms with Crippen LogP contribution in [0.2, 0.25) is 0 Å². The summed E-state index contributed by atoms with van der Waals surface area (Å²) in [7, 11) is -1.49. The Morgan fingerprint density at radius 1 is 0.765 bits per heavy atom. The highest BCUT2D eigenvalue weighted by Gasteiger charge is 2.13. The second kappa shape index (κ2) is 5.35. The molecule has 0 saturated heterocycles. The Balaban J connectivity index is 2.34. The van der Waals surface area contributed by atoms with Gasteiger partial charge in [-0.25, -0.2) is 0 Å². The van der Waals surface area contributed by atoms with Crippen LogP contribution >= 0.6 is 0 Å². The van der Waals surface area contributed by atoms with Gasteiger partial charge in [0.15, 0.2) is 0 Å². The SMILES string of the molecule is OB(O)c1ccccc1C#Cc1ccccc1. The van der Waals surface area contributed by atoms with E-state index in [4.69, 9.17) is 0 Å². The maximum Gasteiger partial charge on any atom is 0.489 e. The minimum absolute atomic E-state index is 0.427. The molecule has 0 atom stereocenters. The third kappa shape index (κ3) is 2.98. The molecule has 3 heteroatoms. The summed E-state index contributed by atoms with van der Waals surface area (Å²) in [5, 5.41) is 18.4. The average Bonchev–Trinajstić information content (AvgIpc) is 2.38. The van der Waals surface area contributed by atoms with E-state index in [9.17, 15) is 10.0 Å². The lowest BCUT2D eigenvalue weighted by molar-refractivity contribution is 0.425. The van der Waals surface area contributed by atoms with Gasteiger partial charge in [0.25, 0.3) is 0 Å². The lowest BCUT2D eigenvalue weighted by Gasteiger charge is -2.01. The summed E-state index contributed by atoms with van der Waals surface area (Å²) in [6, 6.07) is 16.6. The molecule has 0 aliphatic heterocycles. The molecule has 0 aromatic heterocycles. The summed E-state index contributed by atoms with van der Waals surface area (Å²) in [5.74, 6) is 5.92. The van der Waals surface area contributed by atoms with Crippen molar-refractivity contribution in [2.45, 2.75) is 0 Å². The van der Waals surface area contributed by atoms with E-state index in [-0.39, 0.29) is 0 Å². The van der Waals surface area contributed by atoms with Gasteiger partial charge >= 0.3 is 7.12 Å². The molecule has 2 rings (SSSR count). The molecule has 0 unspecified atom stereocenters. The first-order valence-electron chi connectivity index (χ1n) is 5.29. The van der Waals surface area contributed by atoms with E-state index < -0.39 is 7.12 Å². The van der Waals surface area contributed by atoms with E-state index in [2.05, 4.69) is 11.8 Å². The van der Waals surface area contributed by atoms with E-state index in [1.807, 2.05) is 36.4 Å². The van der Waals surface area contributed by atoms with E-state index in [0.717, 1.165) is 5.56 Å². The molecule has 0 saturated carbocycles. The van der Waals surface area contributed by atoms with Crippen molar-refractivity contribution in [2.75, 3.05) is 0 Å². The van der Waals surface area contributed by atoms with Crippen molar-refractivity contribution in [3.63, 3.8) is 0 Å². The van der Waals surface area contributed by atoms with Crippen LogP contribution in [-0.2, 0) is 0 Å². The molecule has 2 nitrogen and oxygen atoms in total. The Morgan fingerprint density at radius 3 is 2.12 bits per heavy atom. The van der Waals surface area contributed by atoms with Gasteiger partial charge in [-0.1, -0.05) is 48.2 Å². The summed E-state index contributed by atoms with van der Waals surface area (Å²) < 4.78 is 0. The van der Waals surface area contributed by atoms with Crippen LogP contribution in [0.3, 0.4) is 0 Å². The first-order chi connectivity index (χ1) is 8.27. The number of hydrogen-bond acceptors (Lipinski definition) is 2. The van der Waals surface area contributed by atoms with Crippen LogP contribution < -0.4 is 5.46 Å². The number of rotatable bonds is 1. The third-order valence-electron chi connectivity index (χ3n) is 2.35. The van der Waals surface area contributed by atoms with Gasteiger partial charge in [0.05, 0.1) is 0 Å². The summed E-state index contributed by atoms with van der Waals surface area (Å²) in [6.45, 7) is 0. The lowest BCUT2D eigenvalue weighted by Crippen LogP contribution is -2.32. The minimum Gasteiger partial charge on any atom is -0.423 e. The van der Waals surface area contributed by atoms with Crippen molar-refractivity contribution in [3.8, 4) is 11.8 Å². The van der Waals surface area contributed by atoms with Crippen LogP contribution in [0.5, 0.6) is 0 Å². The predicted molar refractivity (Wildman–Crippen MR) is 68.7 cm³/mol. The zero-order valence-electron chi connectivity index (χ0n) is 9.17. The normalized spacial score (nSPS) is 9.29. The van der Waals surface area contributed by atoms with Crippen molar-refractivity contribution in [1.82, 2.24) is 0 Å². The Hall–Kier alpha value is -2.02. The predicted octanol–water partition coefficient (Wildman–Crippen LogP) is 0.766. The summed E-state index contributed by atoms with van der Waals surface area (Å²) in [4.78, 5) is 0. The van der Waals surface area contributed by atoms with Crippen molar-refractivity contribution < 1.29 is 10.0 Å². The first-order valence-corrected chi connectivity index (χ1v) is 5.29. The molecule has 0 amide bonds. The fraction of sp³-hybridized carbons (Fsp3) is 0. The van der Waals surface area contributed by atoms with Gasteiger partial charge in [-0.05, 0) is 23.7 Å². The summed E-state index contributed by atoms with van der Waals surface area (Å²) >= 11 is 0. The largest absolute Gasteiger partial charge is 0.489 e. The van der Waals surface area contributed by atoms with Gasteiger partial charge in [-0.2, -0.15) is 0 Å². The smallest absolute Gasteiger partial charge is 0.423 e. The third-order valence-corrected chi connectivity index (χ3v) is 2.35. The molecule has 0 bridgehead atoms. The van der Waals surface area contributed by atoms with E-state index in [1.54, 1.807) is 18.2 Å². The molecule has 0 radical (unpaired) electrons. The second-order valence-electron chi connectivity index (χ2n) is 3.58. The molecule has 82 valence electrons. The summed E-state index contributed by atoms with van der Waals surface area (Å²) in [6.07, 6.45) is 0. The van der Waals surface area contributed by atoms with Crippen LogP contribution in [-0.4, -0.2) is 17.2 Å². The quantitative estimate of drug-likeness (QED) is 0.552. The van der Waals surface area contributed by atoms with Gasteiger partial charge in [0.1, 0.15) is 0 Å². The van der Waals surface area contributed by atoms with Crippen LogP contribution in [0.15, 0.2) is 54.6 Å². The monoisotopic (exact) mass is 222 g/mol. The molecule has 2 N–H and O–H groups in total. The fourth-order valence-electron chi connectivity index (χ4n) is 1.50. The van der Waals surface area contributed by atoms with Gasteiger partial charge in [-0.3, -0.25) is 0 Å². The fourth-order valence-corrected chi connectivity index (χ4v) is 1.50. The highest BCUT2D eigenvalue weighted by Crippen LogP contribution is 1.98. The van der Waals surface area contributed by atoms with Gasteiger partial charge in [-0.15, -0.1) is 0 Å². The van der Waals surface area contributed by atoms with Crippen LogP contribution in [0.1, 0.15) is 11.1 Å². The Bertz CT molecular complexity index is 553. The van der Waals surface area contributed by atoms with Gasteiger partial charge in [0, 0.05) is 11.1 Å². The van der Waals surface area contributed by atoms with E-state index >= 15 is 0 Å². The molecule has 0 aliphatic rings. The number of hydrogen-bond donors (Lipinski definition) is 2. The lowest BCUT2D eigenvalue weighted by atomic mass is 9.77. The zero-order valence-corrected chi connectivity index (χ0v) is 9.17. The molecule has 17 heavy (non-hydrogen) atoms. The van der Waals surface area contributed by atoms with E-state index in [0.29, 0.717) is 11.0 Å². The molecule has 0 aliphatic carbocycles. The molecular weight excluding hydrogens is 211 g/mol. The molecular formula is C14H11BO2. The maximum absolute atomic E-state index is 9.19. The molecule has 0 heterocycles. The van der Waals surface area contributed by atoms with Crippen LogP contribution in [0.25, 0.3) is 0 Å². The molecule has 0 fully saturated rings. The van der Waals surface area contributed by atoms with Crippen LogP contribution in [0, 0.1) is 11.8 Å². The van der Waals surface area contributed by atoms with Gasteiger partial charge < -0.3 is 10.0 Å². The second-order valence-corrected chi connectivity index (χ2v) is 3.58.